The van der Waals surface area contributed by atoms with Gasteiger partial charge in [-0.25, -0.2) is 13.4 Å². The number of hydrogen-bond acceptors (Lipinski definition) is 6. The molecule has 1 aliphatic rings. The Morgan fingerprint density at radius 3 is 2.29 bits per heavy atom. The molecule has 0 saturated heterocycles. The molecule has 2 heterocycles. The lowest BCUT2D eigenvalue weighted by molar-refractivity contribution is 0.0958. The first-order chi connectivity index (χ1) is 18.3. The average Bonchev–Trinajstić information content (AvgIpc) is 2.92. The Hall–Kier alpha value is -4.56. The van der Waals surface area contributed by atoms with Crippen molar-refractivity contribution in [1.82, 2.24) is 9.29 Å². The summed E-state index contributed by atoms with van der Waals surface area (Å²) in [5.74, 6) is -0.521. The normalized spacial score (nSPS) is 14.1. The van der Waals surface area contributed by atoms with Crippen molar-refractivity contribution in [1.29, 1.82) is 0 Å². The number of nitrogens with one attached hydrogen (secondary N) is 1. The van der Waals surface area contributed by atoms with E-state index in [9.17, 15) is 18.0 Å². The molecular formula is C30H25N3O4S. The highest BCUT2D eigenvalue weighted by molar-refractivity contribution is 7.89. The van der Waals surface area contributed by atoms with Gasteiger partial charge in [0.1, 0.15) is 11.5 Å². The quantitative estimate of drug-likeness (QED) is 0.333. The molecule has 0 atom stereocenters. The Morgan fingerprint density at radius 1 is 0.868 bits per heavy atom. The number of hydrogen-bond donors (Lipinski definition) is 1. The number of sulfonamides is 1. The minimum absolute atomic E-state index is 0.00327. The van der Waals surface area contributed by atoms with Crippen LogP contribution in [-0.4, -0.2) is 35.8 Å². The zero-order chi connectivity index (χ0) is 26.9. The molecule has 5 rings (SSSR count). The number of fused-ring (bicyclic) bond motifs is 1. The summed E-state index contributed by atoms with van der Waals surface area (Å²) in [6, 6.07) is 25.5. The van der Waals surface area contributed by atoms with Gasteiger partial charge in [0, 0.05) is 22.9 Å². The van der Waals surface area contributed by atoms with E-state index < -0.39 is 28.1 Å². The number of allylic oxidation sites excluding steroid dienone is 1. The van der Waals surface area contributed by atoms with Crippen molar-refractivity contribution in [2.45, 2.75) is 18.7 Å². The van der Waals surface area contributed by atoms with Crippen LogP contribution in [0.2, 0.25) is 0 Å². The molecule has 0 amide bonds. The monoisotopic (exact) mass is 523 g/mol. The van der Waals surface area contributed by atoms with Gasteiger partial charge in [-0.15, -0.1) is 0 Å². The summed E-state index contributed by atoms with van der Waals surface area (Å²) in [5, 5.41) is 3.17. The van der Waals surface area contributed by atoms with Gasteiger partial charge in [0.15, 0.2) is 5.78 Å². The number of aromatic nitrogens is 1. The van der Waals surface area contributed by atoms with Crippen LogP contribution in [0, 0.1) is 13.8 Å². The maximum atomic E-state index is 14.0. The summed E-state index contributed by atoms with van der Waals surface area (Å²) < 4.78 is 28.9. The molecule has 0 saturated carbocycles. The van der Waals surface area contributed by atoms with Crippen molar-refractivity contribution in [3.63, 3.8) is 0 Å². The van der Waals surface area contributed by atoms with Crippen LogP contribution < -0.4 is 5.32 Å². The van der Waals surface area contributed by atoms with E-state index in [4.69, 9.17) is 0 Å². The first kappa shape index (κ1) is 25.1. The van der Waals surface area contributed by atoms with Gasteiger partial charge in [0.2, 0.25) is 5.78 Å². The summed E-state index contributed by atoms with van der Waals surface area (Å²) in [4.78, 5) is 31.9. The molecule has 0 bridgehead atoms. The van der Waals surface area contributed by atoms with E-state index in [2.05, 4.69) is 10.3 Å². The Kier molecular flexibility index (Phi) is 6.65. The van der Waals surface area contributed by atoms with E-state index in [1.807, 2.05) is 13.0 Å². The summed E-state index contributed by atoms with van der Waals surface area (Å²) in [6.07, 6.45) is 1.59. The number of anilines is 1. The van der Waals surface area contributed by atoms with Crippen molar-refractivity contribution in [2.24, 2.45) is 0 Å². The van der Waals surface area contributed by atoms with Gasteiger partial charge < -0.3 is 5.32 Å². The molecule has 1 aliphatic heterocycles. The maximum Gasteiger partial charge on any atom is 0.265 e. The van der Waals surface area contributed by atoms with E-state index in [1.54, 1.807) is 92.0 Å². The first-order valence-corrected chi connectivity index (χ1v) is 13.5. The molecule has 4 aromatic rings. The summed E-state index contributed by atoms with van der Waals surface area (Å²) in [5.41, 5.74) is 2.86. The van der Waals surface area contributed by atoms with Crippen LogP contribution in [-0.2, 0) is 10.0 Å². The molecular weight excluding hydrogens is 498 g/mol. The van der Waals surface area contributed by atoms with Gasteiger partial charge in [-0.2, -0.15) is 0 Å². The second-order valence-corrected chi connectivity index (χ2v) is 10.8. The van der Waals surface area contributed by atoms with Gasteiger partial charge in [-0.1, -0.05) is 78.4 Å². The highest BCUT2D eigenvalue weighted by Gasteiger charge is 2.41. The number of pyridine rings is 1. The van der Waals surface area contributed by atoms with E-state index in [-0.39, 0.29) is 16.3 Å². The predicted molar refractivity (Wildman–Crippen MR) is 146 cm³/mol. The average molecular weight is 524 g/mol. The lowest BCUT2D eigenvalue weighted by atomic mass is 10.0. The SMILES string of the molecule is Cc1ccc(C(=O)CN2C(C(=O)c3ccccc3)=C(Nc3ccccn3)c3ccccc3S2(=O)=O)c(C)c1. The molecule has 38 heavy (non-hydrogen) atoms. The standard InChI is InChI=1S/C30H25N3O4S/c1-20-15-16-23(21(2)18-20)25(34)19-33-29(30(35)22-10-4-3-5-11-22)28(32-27-14-8-9-17-31-27)24-12-6-7-13-26(24)38(33,36)37/h3-18H,19H2,1-2H3,(H,31,32). The largest absolute Gasteiger partial charge is 0.338 e. The van der Waals surface area contributed by atoms with Crippen molar-refractivity contribution >= 4 is 33.1 Å². The van der Waals surface area contributed by atoms with Crippen molar-refractivity contribution in [2.75, 3.05) is 11.9 Å². The number of rotatable bonds is 7. The lowest BCUT2D eigenvalue weighted by Crippen LogP contribution is -2.42. The molecule has 0 unspecified atom stereocenters. The zero-order valence-electron chi connectivity index (χ0n) is 20.9. The summed E-state index contributed by atoms with van der Waals surface area (Å²) >= 11 is 0. The van der Waals surface area contributed by atoms with Crippen LogP contribution in [0.5, 0.6) is 0 Å². The third-order valence-corrected chi connectivity index (χ3v) is 8.15. The number of aryl methyl sites for hydroxylation is 2. The van der Waals surface area contributed by atoms with Gasteiger partial charge in [-0.3, -0.25) is 13.9 Å². The third-order valence-electron chi connectivity index (χ3n) is 6.35. The minimum Gasteiger partial charge on any atom is -0.338 e. The number of carbonyl (C=O) groups excluding carboxylic acids is 2. The van der Waals surface area contributed by atoms with Crippen molar-refractivity contribution < 1.29 is 18.0 Å². The fourth-order valence-corrected chi connectivity index (χ4v) is 6.18. The lowest BCUT2D eigenvalue weighted by Gasteiger charge is -2.33. The summed E-state index contributed by atoms with van der Waals surface area (Å²) in [7, 11) is -4.26. The fourth-order valence-electron chi connectivity index (χ4n) is 4.54. The number of nitrogens with zero attached hydrogens (tertiary/aromatic N) is 2. The molecule has 3 aromatic carbocycles. The maximum absolute atomic E-state index is 14.0. The Morgan fingerprint density at radius 2 is 1.58 bits per heavy atom. The van der Waals surface area contributed by atoms with Gasteiger partial charge in [0.25, 0.3) is 10.0 Å². The van der Waals surface area contributed by atoms with Crippen molar-refractivity contribution in [3.8, 4) is 0 Å². The molecule has 7 nitrogen and oxygen atoms in total. The highest BCUT2D eigenvalue weighted by Crippen LogP contribution is 2.38. The topological polar surface area (TPSA) is 96.4 Å². The van der Waals surface area contributed by atoms with Crippen LogP contribution in [0.25, 0.3) is 5.70 Å². The van der Waals surface area contributed by atoms with Gasteiger partial charge in [0.05, 0.1) is 17.1 Å². The fraction of sp³-hybridized carbons (Fsp3) is 0.100. The third kappa shape index (κ3) is 4.62. The van der Waals surface area contributed by atoms with E-state index >= 15 is 0 Å². The second-order valence-electron chi connectivity index (χ2n) is 9.01. The van der Waals surface area contributed by atoms with Crippen LogP contribution in [0.15, 0.2) is 108 Å². The molecule has 1 N–H and O–H groups in total. The zero-order valence-corrected chi connectivity index (χ0v) is 21.7. The Bertz CT molecular complexity index is 1680. The van der Waals surface area contributed by atoms with Crippen LogP contribution in [0.4, 0.5) is 5.82 Å². The van der Waals surface area contributed by atoms with E-state index in [0.29, 0.717) is 22.5 Å². The number of ketones is 2. The van der Waals surface area contributed by atoms with Crippen LogP contribution >= 0.6 is 0 Å². The molecule has 1 aromatic heterocycles. The summed E-state index contributed by atoms with van der Waals surface area (Å²) in [6.45, 7) is 3.18. The molecule has 0 spiro atoms. The first-order valence-electron chi connectivity index (χ1n) is 12.0. The predicted octanol–water partition coefficient (Wildman–Crippen LogP) is 5.25. The molecule has 0 fully saturated rings. The number of benzene rings is 3. The highest BCUT2D eigenvalue weighted by atomic mass is 32.2. The van der Waals surface area contributed by atoms with E-state index in [1.165, 1.54) is 6.07 Å². The minimum atomic E-state index is -4.26. The smallest absolute Gasteiger partial charge is 0.265 e. The van der Waals surface area contributed by atoms with Crippen molar-refractivity contribution in [3.05, 3.63) is 131 Å². The number of Topliss-reactive ketones (excluding diaryl/α,β-unsaturated/α-hetero) is 2. The van der Waals surface area contributed by atoms with Crippen LogP contribution in [0.1, 0.15) is 37.4 Å². The number of carbonyl (C=O) groups is 2. The Balaban J connectivity index is 1.73. The van der Waals surface area contributed by atoms with Gasteiger partial charge in [-0.05, 0) is 37.6 Å². The molecule has 0 aliphatic carbocycles. The Labute approximate surface area is 221 Å². The second kappa shape index (κ2) is 10.1. The molecule has 190 valence electrons. The van der Waals surface area contributed by atoms with E-state index in [0.717, 1.165) is 15.4 Å². The van der Waals surface area contributed by atoms with Gasteiger partial charge >= 0.3 is 0 Å². The molecule has 8 heteroatoms. The molecule has 0 radical (unpaired) electrons. The van der Waals surface area contributed by atoms with Crippen LogP contribution in [0.3, 0.4) is 0 Å².